The summed E-state index contributed by atoms with van der Waals surface area (Å²) in [5.74, 6) is -0.252. The molecule has 3 aromatic rings. The summed E-state index contributed by atoms with van der Waals surface area (Å²) in [4.78, 5) is 14.3. The van der Waals surface area contributed by atoms with Gasteiger partial charge in [0, 0.05) is 23.8 Å². The van der Waals surface area contributed by atoms with Gasteiger partial charge in [-0.15, -0.1) is 0 Å². The predicted octanol–water partition coefficient (Wildman–Crippen LogP) is 8.34. The zero-order valence-electron chi connectivity index (χ0n) is 23.3. The van der Waals surface area contributed by atoms with Crippen LogP contribution in [-0.2, 0) is 22.9 Å². The Hall–Kier alpha value is -2.67. The molecule has 0 bridgehead atoms. The molecular weight excluding hydrogens is 549 g/mol. The fourth-order valence-electron chi connectivity index (χ4n) is 5.07. The highest BCUT2D eigenvalue weighted by Crippen LogP contribution is 2.56. The van der Waals surface area contributed by atoms with E-state index >= 15 is 0 Å². The molecule has 1 aliphatic rings. The smallest absolute Gasteiger partial charge is 0.462 e. The van der Waals surface area contributed by atoms with Crippen molar-refractivity contribution in [2.75, 3.05) is 37.8 Å². The van der Waals surface area contributed by atoms with Crippen LogP contribution in [0.25, 0.3) is 11.1 Å². The molecule has 3 aromatic carbocycles. The molecule has 214 valence electrons. The zero-order valence-corrected chi connectivity index (χ0v) is 24.9. The number of phosphoric acid groups is 1. The van der Waals surface area contributed by atoms with Crippen molar-refractivity contribution in [3.8, 4) is 11.1 Å². The predicted molar refractivity (Wildman–Crippen MR) is 159 cm³/mol. The quantitative estimate of drug-likeness (QED) is 0.156. The number of esters is 1. The first-order valence-electron chi connectivity index (χ1n) is 13.8. The lowest BCUT2D eigenvalue weighted by Gasteiger charge is -2.38. The van der Waals surface area contributed by atoms with E-state index in [1.165, 1.54) is 0 Å². The summed E-state index contributed by atoms with van der Waals surface area (Å²) in [6.07, 6.45) is 1.10. The molecule has 9 heteroatoms. The zero-order chi connectivity index (χ0) is 28.5. The summed E-state index contributed by atoms with van der Waals surface area (Å²) in [6.45, 7) is 7.67. The lowest BCUT2D eigenvalue weighted by Crippen LogP contribution is -2.36. The Balaban J connectivity index is 1.60. The van der Waals surface area contributed by atoms with Gasteiger partial charge in [-0.05, 0) is 92.6 Å². The maximum atomic E-state index is 13.6. The number of piperidine rings is 1. The normalized spacial score (nSPS) is 15.2. The van der Waals surface area contributed by atoms with E-state index in [1.54, 1.807) is 32.9 Å². The maximum Gasteiger partial charge on any atom is 0.475 e. The molecule has 0 aliphatic carbocycles. The van der Waals surface area contributed by atoms with Gasteiger partial charge in [0.25, 0.3) is 0 Å². The Morgan fingerprint density at radius 2 is 1.52 bits per heavy atom. The molecule has 0 amide bonds. The van der Waals surface area contributed by atoms with Crippen molar-refractivity contribution in [2.45, 2.75) is 39.7 Å². The number of benzene rings is 3. The van der Waals surface area contributed by atoms with Gasteiger partial charge in [0.05, 0.1) is 31.5 Å². The minimum atomic E-state index is -3.80. The van der Waals surface area contributed by atoms with Gasteiger partial charge in [0.2, 0.25) is 0 Å². The van der Waals surface area contributed by atoms with Gasteiger partial charge in [0.15, 0.2) is 0 Å². The summed E-state index contributed by atoms with van der Waals surface area (Å²) >= 11 is 6.16. The van der Waals surface area contributed by atoms with Crippen LogP contribution >= 0.6 is 19.4 Å². The van der Waals surface area contributed by atoms with Gasteiger partial charge in [-0.2, -0.15) is 0 Å². The van der Waals surface area contributed by atoms with Crippen molar-refractivity contribution in [3.05, 3.63) is 88.9 Å². The van der Waals surface area contributed by atoms with Crippen molar-refractivity contribution in [2.24, 2.45) is 5.92 Å². The van der Waals surface area contributed by atoms with E-state index in [0.717, 1.165) is 48.3 Å². The van der Waals surface area contributed by atoms with Crippen molar-refractivity contribution in [1.82, 2.24) is 0 Å². The summed E-state index contributed by atoms with van der Waals surface area (Å²) in [5.41, 5.74) is 4.49. The molecule has 1 saturated heterocycles. The van der Waals surface area contributed by atoms with Crippen LogP contribution in [0, 0.1) is 5.92 Å². The summed E-state index contributed by atoms with van der Waals surface area (Å²) in [5, 5.41) is 0.661. The second-order valence-electron chi connectivity index (χ2n) is 9.49. The average Bonchev–Trinajstić information content (AvgIpc) is 2.97. The van der Waals surface area contributed by atoms with E-state index in [-0.39, 0.29) is 25.1 Å². The molecule has 0 radical (unpaired) electrons. The topological polar surface area (TPSA) is 74.3 Å². The fraction of sp³-hybridized carbons (Fsp3) is 0.387. The first kappa shape index (κ1) is 30.3. The molecule has 1 fully saturated rings. The van der Waals surface area contributed by atoms with E-state index in [0.29, 0.717) is 17.2 Å². The Kier molecular flexibility index (Phi) is 10.8. The third-order valence-electron chi connectivity index (χ3n) is 6.95. The molecule has 1 unspecified atom stereocenters. The summed E-state index contributed by atoms with van der Waals surface area (Å²) < 4.78 is 36.2. The van der Waals surface area contributed by atoms with E-state index in [1.807, 2.05) is 60.7 Å². The van der Waals surface area contributed by atoms with Crippen LogP contribution in [0.4, 0.5) is 5.69 Å². The number of phosphoric ester groups is 1. The molecule has 40 heavy (non-hydrogen) atoms. The van der Waals surface area contributed by atoms with Crippen LogP contribution in [-0.4, -0.2) is 38.9 Å². The van der Waals surface area contributed by atoms with Gasteiger partial charge in [-0.3, -0.25) is 13.6 Å². The Morgan fingerprint density at radius 3 is 2.12 bits per heavy atom. The lowest BCUT2D eigenvalue weighted by molar-refractivity contribution is 0.0470. The van der Waals surface area contributed by atoms with Crippen molar-refractivity contribution in [3.63, 3.8) is 0 Å². The van der Waals surface area contributed by atoms with Crippen LogP contribution in [0.3, 0.4) is 0 Å². The third kappa shape index (κ3) is 7.54. The number of hydrogen-bond donors (Lipinski definition) is 0. The van der Waals surface area contributed by atoms with Crippen LogP contribution in [0.2, 0.25) is 5.02 Å². The number of anilines is 1. The minimum Gasteiger partial charge on any atom is -0.462 e. The fourth-order valence-corrected chi connectivity index (χ4v) is 6.59. The van der Waals surface area contributed by atoms with Crippen LogP contribution in [0.1, 0.15) is 55.6 Å². The third-order valence-corrected chi connectivity index (χ3v) is 8.84. The molecule has 7 nitrogen and oxygen atoms in total. The Morgan fingerprint density at radius 1 is 0.900 bits per heavy atom. The van der Waals surface area contributed by atoms with Gasteiger partial charge in [-0.25, -0.2) is 9.36 Å². The highest BCUT2D eigenvalue weighted by Gasteiger charge is 2.37. The SMILES string of the molecule is CCOC(=O)c1ccc(N2CCC(C(OP(=O)(OCC)OCC)c3ccccc3-c3ccc(Cl)cc3)CC2)cc1. The number of rotatable bonds is 12. The molecule has 0 spiro atoms. The van der Waals surface area contributed by atoms with Gasteiger partial charge < -0.3 is 9.64 Å². The molecule has 1 aliphatic heterocycles. The van der Waals surface area contributed by atoms with Crippen LogP contribution in [0.5, 0.6) is 0 Å². The van der Waals surface area contributed by atoms with Crippen molar-refractivity contribution >= 4 is 31.1 Å². The Bertz CT molecular complexity index is 1280. The molecule has 0 N–H and O–H groups in total. The lowest BCUT2D eigenvalue weighted by atomic mass is 9.84. The van der Waals surface area contributed by atoms with E-state index < -0.39 is 13.9 Å². The number of nitrogens with zero attached hydrogens (tertiary/aromatic N) is 1. The maximum absolute atomic E-state index is 13.6. The number of hydrogen-bond acceptors (Lipinski definition) is 7. The highest BCUT2D eigenvalue weighted by molar-refractivity contribution is 7.48. The molecule has 0 aromatic heterocycles. The van der Waals surface area contributed by atoms with Crippen molar-refractivity contribution < 1.29 is 27.7 Å². The first-order chi connectivity index (χ1) is 19.4. The van der Waals surface area contributed by atoms with Crippen molar-refractivity contribution in [1.29, 1.82) is 0 Å². The Labute approximate surface area is 242 Å². The van der Waals surface area contributed by atoms with Gasteiger partial charge in [0.1, 0.15) is 0 Å². The number of carbonyl (C=O) groups excluding carboxylic acids is 1. The van der Waals surface area contributed by atoms with Crippen LogP contribution in [0.15, 0.2) is 72.8 Å². The minimum absolute atomic E-state index is 0.0674. The number of carbonyl (C=O) groups is 1. The first-order valence-corrected chi connectivity index (χ1v) is 15.7. The van der Waals surface area contributed by atoms with Gasteiger partial charge in [-0.1, -0.05) is 48.0 Å². The standard InChI is InChI=1S/C31H37ClNO6P/c1-4-36-31(34)25-13-17-27(18-14-25)33-21-19-24(20-22-33)30(39-40(35,37-5-2)38-6-3)29-10-8-7-9-28(29)23-11-15-26(32)16-12-23/h7-18,24,30H,4-6,19-22H2,1-3H3. The van der Waals surface area contributed by atoms with Gasteiger partial charge >= 0.3 is 13.8 Å². The summed E-state index contributed by atoms with van der Waals surface area (Å²) in [6, 6.07) is 23.2. The number of ether oxygens (including phenoxy) is 1. The number of halogens is 1. The van der Waals surface area contributed by atoms with Crippen LogP contribution < -0.4 is 4.90 Å². The molecule has 1 heterocycles. The molecular formula is C31H37ClNO6P. The second-order valence-corrected chi connectivity index (χ2v) is 11.6. The molecule has 0 saturated carbocycles. The van der Waals surface area contributed by atoms with E-state index in [9.17, 15) is 9.36 Å². The average molecular weight is 586 g/mol. The second kappa shape index (κ2) is 14.3. The molecule has 4 rings (SSSR count). The van der Waals surface area contributed by atoms with E-state index in [2.05, 4.69) is 4.90 Å². The van der Waals surface area contributed by atoms with E-state index in [4.69, 9.17) is 29.9 Å². The highest BCUT2D eigenvalue weighted by atomic mass is 35.5. The monoisotopic (exact) mass is 585 g/mol. The largest absolute Gasteiger partial charge is 0.475 e. The summed E-state index contributed by atoms with van der Waals surface area (Å²) in [7, 11) is -3.80. The molecule has 1 atom stereocenters.